The van der Waals surface area contributed by atoms with Crippen LogP contribution in [0, 0.1) is 0 Å². The first-order chi connectivity index (χ1) is 3.31. The van der Waals surface area contributed by atoms with Crippen LogP contribution in [-0.4, -0.2) is 19.0 Å². The Balaban J connectivity index is 2.98. The van der Waals surface area contributed by atoms with Crippen LogP contribution in [0.25, 0.3) is 0 Å². The molecular formula is C5H9O2. The Morgan fingerprint density at radius 1 is 1.86 bits per heavy atom. The van der Waals surface area contributed by atoms with Crippen LogP contribution < -0.4 is 0 Å². The monoisotopic (exact) mass is 101 g/mol. The molecule has 1 radical (unpaired) electrons. The van der Waals surface area contributed by atoms with Gasteiger partial charge in [-0.05, 0) is 13.8 Å². The smallest absolute Gasteiger partial charge is 0.229 e. The van der Waals surface area contributed by atoms with E-state index in [1.807, 2.05) is 6.92 Å². The van der Waals surface area contributed by atoms with E-state index in [1.165, 1.54) is 0 Å². The molecule has 2 heteroatoms. The van der Waals surface area contributed by atoms with Gasteiger partial charge in [0.05, 0.1) is 0 Å². The van der Waals surface area contributed by atoms with Crippen molar-refractivity contribution in [2.24, 2.45) is 0 Å². The van der Waals surface area contributed by atoms with Gasteiger partial charge in [0.15, 0.2) is 0 Å². The SMILES string of the molecule is CCOC(C)[C]=O. The lowest BCUT2D eigenvalue weighted by Gasteiger charge is -1.98. The molecule has 0 aromatic carbocycles. The van der Waals surface area contributed by atoms with Crippen molar-refractivity contribution in [3.63, 3.8) is 0 Å². The fraction of sp³-hybridized carbons (Fsp3) is 0.800. The number of carbonyl (C=O) groups excluding carboxylic acids is 1. The summed E-state index contributed by atoms with van der Waals surface area (Å²) in [6.45, 7) is 4.08. The maximum absolute atomic E-state index is 9.64. The van der Waals surface area contributed by atoms with Crippen molar-refractivity contribution in [1.82, 2.24) is 0 Å². The molecule has 0 aliphatic carbocycles. The Kier molecular flexibility index (Phi) is 3.61. The maximum Gasteiger partial charge on any atom is 0.229 e. The van der Waals surface area contributed by atoms with Gasteiger partial charge in [-0.2, -0.15) is 0 Å². The number of ether oxygens (including phenoxy) is 1. The number of hydrogen-bond donors (Lipinski definition) is 0. The van der Waals surface area contributed by atoms with E-state index in [0.717, 1.165) is 0 Å². The van der Waals surface area contributed by atoms with Gasteiger partial charge in [-0.15, -0.1) is 0 Å². The molecule has 0 aliphatic rings. The lowest BCUT2D eigenvalue weighted by molar-refractivity contribution is 0.120. The molecule has 7 heavy (non-hydrogen) atoms. The van der Waals surface area contributed by atoms with E-state index in [1.54, 1.807) is 13.2 Å². The summed E-state index contributed by atoms with van der Waals surface area (Å²) in [5.74, 6) is 0. The van der Waals surface area contributed by atoms with E-state index in [9.17, 15) is 4.79 Å². The largest absolute Gasteiger partial charge is 0.371 e. The molecule has 0 saturated carbocycles. The van der Waals surface area contributed by atoms with Crippen LogP contribution >= 0.6 is 0 Å². The van der Waals surface area contributed by atoms with Crippen molar-refractivity contribution in [2.45, 2.75) is 20.0 Å². The molecule has 0 saturated heterocycles. The highest BCUT2D eigenvalue weighted by molar-refractivity contribution is 5.56. The van der Waals surface area contributed by atoms with Gasteiger partial charge in [-0.3, -0.25) is 4.79 Å². The Morgan fingerprint density at radius 2 is 2.43 bits per heavy atom. The van der Waals surface area contributed by atoms with Crippen molar-refractivity contribution in [2.75, 3.05) is 6.61 Å². The normalized spacial score (nSPS) is 13.4. The lowest BCUT2D eigenvalue weighted by atomic mass is 10.5. The van der Waals surface area contributed by atoms with E-state index in [-0.39, 0.29) is 6.10 Å². The van der Waals surface area contributed by atoms with Gasteiger partial charge in [-0.1, -0.05) is 0 Å². The Bertz CT molecular complexity index is 52.0. The third-order valence-corrected chi connectivity index (χ3v) is 0.583. The zero-order chi connectivity index (χ0) is 5.70. The Labute approximate surface area is 43.5 Å². The highest BCUT2D eigenvalue weighted by Gasteiger charge is 1.94. The van der Waals surface area contributed by atoms with E-state index in [4.69, 9.17) is 4.74 Å². The summed E-state index contributed by atoms with van der Waals surface area (Å²) in [5, 5.41) is 0. The predicted octanol–water partition coefficient (Wildman–Crippen LogP) is 0.521. The molecule has 0 rings (SSSR count). The minimum atomic E-state index is -0.356. The average molecular weight is 101 g/mol. The van der Waals surface area contributed by atoms with Gasteiger partial charge in [-0.25, -0.2) is 0 Å². The number of hydrogen-bond acceptors (Lipinski definition) is 2. The second kappa shape index (κ2) is 3.81. The van der Waals surface area contributed by atoms with E-state index >= 15 is 0 Å². The van der Waals surface area contributed by atoms with Gasteiger partial charge in [0.25, 0.3) is 0 Å². The standard InChI is InChI=1S/C5H9O2/c1-3-7-5(2)4-6/h5H,3H2,1-2H3. The zero-order valence-corrected chi connectivity index (χ0v) is 4.60. The molecule has 0 N–H and O–H groups in total. The van der Waals surface area contributed by atoms with Gasteiger partial charge in [0.1, 0.15) is 6.10 Å². The molecule has 0 fully saturated rings. The van der Waals surface area contributed by atoms with Crippen molar-refractivity contribution in [3.8, 4) is 0 Å². The summed E-state index contributed by atoms with van der Waals surface area (Å²) in [4.78, 5) is 9.64. The molecule has 0 amide bonds. The van der Waals surface area contributed by atoms with Crippen molar-refractivity contribution < 1.29 is 9.53 Å². The Hall–Kier alpha value is -0.370. The van der Waals surface area contributed by atoms with Crippen molar-refractivity contribution in [3.05, 3.63) is 0 Å². The van der Waals surface area contributed by atoms with E-state index < -0.39 is 0 Å². The summed E-state index contributed by atoms with van der Waals surface area (Å²) < 4.78 is 4.77. The first-order valence-electron chi connectivity index (χ1n) is 2.30. The van der Waals surface area contributed by atoms with Crippen molar-refractivity contribution >= 4 is 6.29 Å². The third-order valence-electron chi connectivity index (χ3n) is 0.583. The van der Waals surface area contributed by atoms with Gasteiger partial charge in [0, 0.05) is 6.61 Å². The van der Waals surface area contributed by atoms with Crippen LogP contribution in [0.3, 0.4) is 0 Å². The molecule has 41 valence electrons. The molecule has 0 bridgehead atoms. The first kappa shape index (κ1) is 6.63. The number of rotatable bonds is 3. The quantitative estimate of drug-likeness (QED) is 0.518. The molecular weight excluding hydrogens is 92.1 g/mol. The van der Waals surface area contributed by atoms with E-state index in [0.29, 0.717) is 6.61 Å². The second-order valence-corrected chi connectivity index (χ2v) is 1.22. The summed E-state index contributed by atoms with van der Waals surface area (Å²) in [6.07, 6.45) is 1.34. The molecule has 0 heterocycles. The van der Waals surface area contributed by atoms with Crippen LogP contribution in [0.15, 0.2) is 0 Å². The highest BCUT2D eigenvalue weighted by Crippen LogP contribution is 1.81. The zero-order valence-electron chi connectivity index (χ0n) is 4.60. The molecule has 1 atom stereocenters. The summed E-state index contributed by atoms with van der Waals surface area (Å²) in [5.41, 5.74) is 0. The summed E-state index contributed by atoms with van der Waals surface area (Å²) in [6, 6.07) is 0. The van der Waals surface area contributed by atoms with Gasteiger partial charge in [0.2, 0.25) is 6.29 Å². The fourth-order valence-electron chi connectivity index (χ4n) is 0.284. The second-order valence-electron chi connectivity index (χ2n) is 1.22. The summed E-state index contributed by atoms with van der Waals surface area (Å²) in [7, 11) is 0. The minimum absolute atomic E-state index is 0.356. The lowest BCUT2D eigenvalue weighted by Crippen LogP contribution is -2.07. The maximum atomic E-state index is 9.64. The van der Waals surface area contributed by atoms with Crippen molar-refractivity contribution in [1.29, 1.82) is 0 Å². The van der Waals surface area contributed by atoms with Gasteiger partial charge >= 0.3 is 0 Å². The van der Waals surface area contributed by atoms with Crippen LogP contribution in [-0.2, 0) is 9.53 Å². The van der Waals surface area contributed by atoms with Gasteiger partial charge < -0.3 is 4.74 Å². The molecule has 0 aromatic rings. The fourth-order valence-corrected chi connectivity index (χ4v) is 0.284. The Morgan fingerprint density at radius 3 is 2.57 bits per heavy atom. The topological polar surface area (TPSA) is 26.3 Å². The molecule has 0 spiro atoms. The van der Waals surface area contributed by atoms with Crippen LogP contribution in [0.5, 0.6) is 0 Å². The minimum Gasteiger partial charge on any atom is -0.371 e. The average Bonchev–Trinajstić information content (AvgIpc) is 1.68. The third kappa shape index (κ3) is 3.46. The highest BCUT2D eigenvalue weighted by atomic mass is 16.5. The molecule has 0 aliphatic heterocycles. The van der Waals surface area contributed by atoms with Crippen LogP contribution in [0.1, 0.15) is 13.8 Å². The first-order valence-corrected chi connectivity index (χ1v) is 2.30. The molecule has 0 aromatic heterocycles. The molecule has 2 nitrogen and oxygen atoms in total. The molecule has 1 unspecified atom stereocenters. The summed E-state index contributed by atoms with van der Waals surface area (Å²) >= 11 is 0. The predicted molar refractivity (Wildman–Crippen MR) is 26.8 cm³/mol. The van der Waals surface area contributed by atoms with Crippen LogP contribution in [0.4, 0.5) is 0 Å². The van der Waals surface area contributed by atoms with E-state index in [2.05, 4.69) is 0 Å². The van der Waals surface area contributed by atoms with Crippen LogP contribution in [0.2, 0.25) is 0 Å².